The van der Waals surface area contributed by atoms with Crippen LogP contribution in [0.25, 0.3) is 0 Å². The minimum Gasteiger partial charge on any atom is -0.466 e. The fourth-order valence-electron chi connectivity index (χ4n) is 1.78. The van der Waals surface area contributed by atoms with Crippen molar-refractivity contribution >= 4 is 11.8 Å². The summed E-state index contributed by atoms with van der Waals surface area (Å²) in [5, 5.41) is 0. The number of carbonyl (C=O) groups is 2. The highest BCUT2D eigenvalue weighted by Crippen LogP contribution is 2.23. The van der Waals surface area contributed by atoms with Gasteiger partial charge in [0.15, 0.2) is 5.78 Å². The highest BCUT2D eigenvalue weighted by atomic mass is 16.5. The van der Waals surface area contributed by atoms with Gasteiger partial charge in [0.1, 0.15) is 0 Å². The lowest BCUT2D eigenvalue weighted by molar-refractivity contribution is -0.136. The summed E-state index contributed by atoms with van der Waals surface area (Å²) < 4.78 is 4.66. The van der Waals surface area contributed by atoms with Crippen LogP contribution >= 0.6 is 0 Å². The number of benzene rings is 1. The van der Waals surface area contributed by atoms with E-state index in [-0.39, 0.29) is 5.78 Å². The van der Waals surface area contributed by atoms with Crippen LogP contribution in [-0.4, -0.2) is 18.9 Å². The number of ketones is 1. The SMILES string of the molecule is COC(=O)C1=C(C(=O)c2ccccc2)C=CC1. The van der Waals surface area contributed by atoms with Crippen LogP contribution < -0.4 is 0 Å². The van der Waals surface area contributed by atoms with Gasteiger partial charge in [-0.1, -0.05) is 42.5 Å². The summed E-state index contributed by atoms with van der Waals surface area (Å²) in [6, 6.07) is 8.90. The van der Waals surface area contributed by atoms with Crippen LogP contribution in [0.3, 0.4) is 0 Å². The first-order chi connectivity index (χ1) is 8.24. The normalized spacial score (nSPS) is 13.9. The van der Waals surface area contributed by atoms with E-state index in [4.69, 9.17) is 0 Å². The van der Waals surface area contributed by atoms with E-state index in [9.17, 15) is 9.59 Å². The van der Waals surface area contributed by atoms with Gasteiger partial charge >= 0.3 is 5.97 Å². The van der Waals surface area contributed by atoms with Gasteiger partial charge in [0.05, 0.1) is 12.7 Å². The van der Waals surface area contributed by atoms with Crippen molar-refractivity contribution in [1.82, 2.24) is 0 Å². The summed E-state index contributed by atoms with van der Waals surface area (Å²) in [5.74, 6) is -0.575. The Bertz CT molecular complexity index is 510. The molecule has 0 aliphatic heterocycles. The van der Waals surface area contributed by atoms with Gasteiger partial charge in [0.2, 0.25) is 0 Å². The summed E-state index contributed by atoms with van der Waals surface area (Å²) in [6.07, 6.45) is 3.94. The molecule has 3 nitrogen and oxygen atoms in total. The number of methoxy groups -OCH3 is 1. The third-order valence-corrected chi connectivity index (χ3v) is 2.64. The third kappa shape index (κ3) is 2.18. The van der Waals surface area contributed by atoms with Crippen LogP contribution in [0.1, 0.15) is 16.8 Å². The highest BCUT2D eigenvalue weighted by Gasteiger charge is 2.23. The monoisotopic (exact) mass is 228 g/mol. The molecule has 0 aromatic heterocycles. The molecular formula is C14H12O3. The lowest BCUT2D eigenvalue weighted by Crippen LogP contribution is -2.10. The molecule has 0 amide bonds. The Labute approximate surface area is 99.4 Å². The number of rotatable bonds is 3. The van der Waals surface area contributed by atoms with Gasteiger partial charge in [0.25, 0.3) is 0 Å². The zero-order valence-electron chi connectivity index (χ0n) is 9.47. The Morgan fingerprint density at radius 3 is 2.53 bits per heavy atom. The van der Waals surface area contributed by atoms with Crippen molar-refractivity contribution in [2.45, 2.75) is 6.42 Å². The molecule has 1 aliphatic rings. The van der Waals surface area contributed by atoms with Crippen molar-refractivity contribution in [2.24, 2.45) is 0 Å². The van der Waals surface area contributed by atoms with Crippen LogP contribution in [0.5, 0.6) is 0 Å². The predicted molar refractivity (Wildman–Crippen MR) is 63.6 cm³/mol. The minimum absolute atomic E-state index is 0.139. The summed E-state index contributed by atoms with van der Waals surface area (Å²) >= 11 is 0. The molecule has 0 unspecified atom stereocenters. The van der Waals surface area contributed by atoms with Gasteiger partial charge < -0.3 is 4.74 Å². The zero-order chi connectivity index (χ0) is 12.3. The van der Waals surface area contributed by atoms with Crippen molar-refractivity contribution in [3.63, 3.8) is 0 Å². The Morgan fingerprint density at radius 2 is 1.88 bits per heavy atom. The van der Waals surface area contributed by atoms with Gasteiger partial charge in [-0.3, -0.25) is 4.79 Å². The second-order valence-corrected chi connectivity index (χ2v) is 3.69. The van der Waals surface area contributed by atoms with Crippen LogP contribution in [0.4, 0.5) is 0 Å². The standard InChI is InChI=1S/C14H12O3/c1-17-14(16)12-9-5-8-11(12)13(15)10-6-3-2-4-7-10/h2-8H,9H2,1H3. The number of carbonyl (C=O) groups excluding carboxylic acids is 2. The smallest absolute Gasteiger partial charge is 0.334 e. The maximum atomic E-state index is 12.2. The molecule has 1 aromatic carbocycles. The lowest BCUT2D eigenvalue weighted by Gasteiger charge is -2.04. The zero-order valence-corrected chi connectivity index (χ0v) is 9.47. The van der Waals surface area contributed by atoms with E-state index in [2.05, 4.69) is 4.74 Å². The first-order valence-electron chi connectivity index (χ1n) is 5.32. The quantitative estimate of drug-likeness (QED) is 0.589. The molecule has 0 saturated carbocycles. The topological polar surface area (TPSA) is 43.4 Å². The molecule has 1 aromatic rings. The van der Waals surface area contributed by atoms with Gasteiger partial charge in [0, 0.05) is 11.1 Å². The van der Waals surface area contributed by atoms with Crippen LogP contribution in [-0.2, 0) is 9.53 Å². The predicted octanol–water partition coefficient (Wildman–Crippen LogP) is 2.30. The van der Waals surface area contributed by atoms with Gasteiger partial charge in [-0.25, -0.2) is 4.79 Å². The van der Waals surface area contributed by atoms with E-state index >= 15 is 0 Å². The molecule has 86 valence electrons. The summed E-state index contributed by atoms with van der Waals surface area (Å²) in [5.41, 5.74) is 1.44. The van der Waals surface area contributed by atoms with Crippen molar-refractivity contribution in [3.05, 3.63) is 59.2 Å². The second kappa shape index (κ2) is 4.78. The van der Waals surface area contributed by atoms with E-state index in [0.29, 0.717) is 23.1 Å². The fraction of sp³-hybridized carbons (Fsp3) is 0.143. The van der Waals surface area contributed by atoms with Crippen LogP contribution in [0.2, 0.25) is 0 Å². The lowest BCUT2D eigenvalue weighted by atomic mass is 10.0. The molecule has 0 fully saturated rings. The summed E-state index contributed by atoms with van der Waals surface area (Å²) in [6.45, 7) is 0. The largest absolute Gasteiger partial charge is 0.466 e. The molecule has 0 bridgehead atoms. The van der Waals surface area contributed by atoms with E-state index in [1.807, 2.05) is 6.07 Å². The number of Topliss-reactive ketones (excluding diaryl/α,β-unsaturated/α-hetero) is 1. The Morgan fingerprint density at radius 1 is 1.18 bits per heavy atom. The molecule has 2 rings (SSSR count). The average molecular weight is 228 g/mol. The number of ether oxygens (including phenoxy) is 1. The molecule has 17 heavy (non-hydrogen) atoms. The maximum Gasteiger partial charge on any atom is 0.334 e. The van der Waals surface area contributed by atoms with Gasteiger partial charge in [-0.15, -0.1) is 0 Å². The van der Waals surface area contributed by atoms with Crippen molar-refractivity contribution < 1.29 is 14.3 Å². The summed E-state index contributed by atoms with van der Waals surface area (Å²) in [7, 11) is 1.32. The Kier molecular flexibility index (Phi) is 3.19. The first kappa shape index (κ1) is 11.3. The highest BCUT2D eigenvalue weighted by molar-refractivity contribution is 6.15. The second-order valence-electron chi connectivity index (χ2n) is 3.69. The number of esters is 1. The number of allylic oxidation sites excluding steroid dienone is 3. The van der Waals surface area contributed by atoms with Gasteiger partial charge in [-0.2, -0.15) is 0 Å². The van der Waals surface area contributed by atoms with Crippen LogP contribution in [0.15, 0.2) is 53.6 Å². The Hall–Kier alpha value is -2.16. The molecule has 0 radical (unpaired) electrons. The number of hydrogen-bond acceptors (Lipinski definition) is 3. The summed E-state index contributed by atoms with van der Waals surface area (Å²) in [4.78, 5) is 23.6. The minimum atomic E-state index is -0.436. The van der Waals surface area contributed by atoms with E-state index in [1.54, 1.807) is 36.4 Å². The molecular weight excluding hydrogens is 216 g/mol. The maximum absolute atomic E-state index is 12.2. The molecule has 0 heterocycles. The van der Waals surface area contributed by atoms with Crippen molar-refractivity contribution in [2.75, 3.05) is 7.11 Å². The average Bonchev–Trinajstić information content (AvgIpc) is 2.87. The van der Waals surface area contributed by atoms with Crippen molar-refractivity contribution in [3.8, 4) is 0 Å². The van der Waals surface area contributed by atoms with Crippen molar-refractivity contribution in [1.29, 1.82) is 0 Å². The third-order valence-electron chi connectivity index (χ3n) is 2.64. The van der Waals surface area contributed by atoms with Gasteiger partial charge in [-0.05, 0) is 6.42 Å². The van der Waals surface area contributed by atoms with Crippen LogP contribution in [0, 0.1) is 0 Å². The molecule has 3 heteroatoms. The molecule has 0 atom stereocenters. The molecule has 0 N–H and O–H groups in total. The molecule has 1 aliphatic carbocycles. The fourth-order valence-corrected chi connectivity index (χ4v) is 1.78. The molecule has 0 spiro atoms. The van der Waals surface area contributed by atoms with E-state index < -0.39 is 5.97 Å². The van der Waals surface area contributed by atoms with E-state index in [0.717, 1.165) is 0 Å². The van der Waals surface area contributed by atoms with E-state index in [1.165, 1.54) is 7.11 Å². The Balaban J connectivity index is 2.36. The molecule has 0 saturated heterocycles. The number of hydrogen-bond donors (Lipinski definition) is 0. The first-order valence-corrected chi connectivity index (χ1v) is 5.32.